The number of aromatic amines is 1. The molecule has 0 aliphatic rings. The van der Waals surface area contributed by atoms with E-state index >= 15 is 0 Å². The summed E-state index contributed by atoms with van der Waals surface area (Å²) in [5.41, 5.74) is 4.91. The quantitative estimate of drug-likeness (QED) is 0.474. The molecule has 114 valence electrons. The van der Waals surface area contributed by atoms with Crippen LogP contribution in [-0.2, 0) is 6.42 Å². The molecule has 0 aliphatic heterocycles. The lowest BCUT2D eigenvalue weighted by Gasteiger charge is -2.00. The van der Waals surface area contributed by atoms with Crippen molar-refractivity contribution in [2.45, 2.75) is 19.8 Å². The van der Waals surface area contributed by atoms with Crippen molar-refractivity contribution in [3.05, 3.63) is 71.0 Å². The first-order chi connectivity index (χ1) is 11.2. The van der Waals surface area contributed by atoms with Crippen LogP contribution in [0.5, 0.6) is 0 Å². The Morgan fingerprint density at radius 2 is 1.91 bits per heavy atom. The number of nitrogens with one attached hydrogen (secondary N) is 1. The highest BCUT2D eigenvalue weighted by Crippen LogP contribution is 2.27. The van der Waals surface area contributed by atoms with Crippen LogP contribution in [0.2, 0.25) is 0 Å². The zero-order chi connectivity index (χ0) is 15.8. The molecule has 0 amide bonds. The number of H-pyrrole nitrogens is 1. The highest BCUT2D eigenvalue weighted by molar-refractivity contribution is 9.10. The van der Waals surface area contributed by atoms with E-state index in [2.05, 4.69) is 93.3 Å². The number of rotatable bonds is 3. The van der Waals surface area contributed by atoms with E-state index in [1.54, 1.807) is 0 Å². The summed E-state index contributed by atoms with van der Waals surface area (Å²) in [6.07, 6.45) is 6.61. The summed E-state index contributed by atoms with van der Waals surface area (Å²) < 4.78 is 3.29. The van der Waals surface area contributed by atoms with Gasteiger partial charge in [0.2, 0.25) is 5.69 Å². The zero-order valence-electron chi connectivity index (χ0n) is 13.0. The second kappa shape index (κ2) is 5.82. The molecular weight excluding hydrogens is 348 g/mol. The van der Waals surface area contributed by atoms with Gasteiger partial charge in [0.05, 0.1) is 0 Å². The molecule has 0 unspecified atom stereocenters. The summed E-state index contributed by atoms with van der Waals surface area (Å²) >= 11 is 3.56. The molecule has 0 saturated heterocycles. The number of pyridine rings is 1. The van der Waals surface area contributed by atoms with Gasteiger partial charge in [-0.1, -0.05) is 41.4 Å². The Kier molecular flexibility index (Phi) is 3.66. The van der Waals surface area contributed by atoms with Gasteiger partial charge in [-0.2, -0.15) is 4.57 Å². The molecule has 0 bridgehead atoms. The van der Waals surface area contributed by atoms with Crippen LogP contribution < -0.4 is 4.57 Å². The minimum Gasteiger partial charge on any atom is -0.350 e. The third kappa shape index (κ3) is 2.66. The smallest absolute Gasteiger partial charge is 0.210 e. The molecule has 0 spiro atoms. The van der Waals surface area contributed by atoms with Gasteiger partial charge >= 0.3 is 0 Å². The van der Waals surface area contributed by atoms with Crippen LogP contribution in [0.1, 0.15) is 18.9 Å². The van der Waals surface area contributed by atoms with Crippen molar-refractivity contribution >= 4 is 37.7 Å². The summed E-state index contributed by atoms with van der Waals surface area (Å²) in [6.45, 7) is 2.22. The van der Waals surface area contributed by atoms with Crippen molar-refractivity contribution in [3.63, 3.8) is 0 Å². The lowest BCUT2D eigenvalue weighted by atomic mass is 10.1. The van der Waals surface area contributed by atoms with Crippen LogP contribution in [-0.4, -0.2) is 4.98 Å². The number of nitrogens with zero attached hydrogens (tertiary/aromatic N) is 1. The molecule has 23 heavy (non-hydrogen) atoms. The maximum atomic E-state index is 3.56. The summed E-state index contributed by atoms with van der Waals surface area (Å²) in [7, 11) is 0. The fourth-order valence-electron chi connectivity index (χ4n) is 3.15. The lowest BCUT2D eigenvalue weighted by Crippen LogP contribution is -2.29. The minimum atomic E-state index is 1.11. The Morgan fingerprint density at radius 1 is 1.00 bits per heavy atom. The van der Waals surface area contributed by atoms with Crippen LogP contribution in [0.3, 0.4) is 0 Å². The van der Waals surface area contributed by atoms with Crippen LogP contribution in [0.15, 0.2) is 65.4 Å². The number of halogens is 1. The van der Waals surface area contributed by atoms with Crippen LogP contribution >= 0.6 is 15.9 Å². The zero-order valence-corrected chi connectivity index (χ0v) is 14.6. The number of fused-ring (bicyclic) bond motifs is 3. The highest BCUT2D eigenvalue weighted by Gasteiger charge is 2.11. The molecule has 2 nitrogen and oxygen atoms in total. The molecule has 2 aromatic carbocycles. The fraction of sp³-hybridized carbons (Fsp3) is 0.150. The van der Waals surface area contributed by atoms with Crippen molar-refractivity contribution < 1.29 is 4.57 Å². The van der Waals surface area contributed by atoms with Crippen molar-refractivity contribution in [1.82, 2.24) is 4.98 Å². The average molecular weight is 366 g/mol. The molecule has 4 rings (SSSR count). The van der Waals surface area contributed by atoms with Gasteiger partial charge in [-0.05, 0) is 30.2 Å². The standard InChI is InChI=1S/C20H17BrN2/c1-2-4-14-5-3-6-16(11-14)23-10-9-17-18-12-15(21)7-8-19(18)22-20(17)13-23/h3,5-13H,2,4H2,1H3/p+1. The predicted molar refractivity (Wildman–Crippen MR) is 99.0 cm³/mol. The molecule has 4 aromatic rings. The van der Waals surface area contributed by atoms with Gasteiger partial charge in [-0.3, -0.25) is 0 Å². The summed E-state index contributed by atoms with van der Waals surface area (Å²) in [5.74, 6) is 0. The maximum Gasteiger partial charge on any atom is 0.210 e. The number of hydrogen-bond donors (Lipinski definition) is 1. The number of benzene rings is 2. The van der Waals surface area contributed by atoms with E-state index in [1.165, 1.54) is 34.0 Å². The van der Waals surface area contributed by atoms with Crippen molar-refractivity contribution in [2.24, 2.45) is 0 Å². The second-order valence-electron chi connectivity index (χ2n) is 5.91. The Hall–Kier alpha value is -2.13. The van der Waals surface area contributed by atoms with E-state index in [9.17, 15) is 0 Å². The van der Waals surface area contributed by atoms with Crippen LogP contribution in [0.4, 0.5) is 0 Å². The number of aryl methyl sites for hydroxylation is 1. The maximum absolute atomic E-state index is 3.56. The number of hydrogen-bond acceptors (Lipinski definition) is 0. The molecular formula is C20H18BrN2+. The largest absolute Gasteiger partial charge is 0.350 e. The Morgan fingerprint density at radius 3 is 2.78 bits per heavy atom. The first-order valence-corrected chi connectivity index (χ1v) is 8.75. The van der Waals surface area contributed by atoms with Gasteiger partial charge in [0.15, 0.2) is 12.4 Å². The van der Waals surface area contributed by atoms with Gasteiger partial charge in [-0.15, -0.1) is 0 Å². The third-order valence-electron chi connectivity index (χ3n) is 4.25. The monoisotopic (exact) mass is 365 g/mol. The van der Waals surface area contributed by atoms with E-state index < -0.39 is 0 Å². The molecule has 0 atom stereocenters. The van der Waals surface area contributed by atoms with Crippen molar-refractivity contribution in [2.75, 3.05) is 0 Å². The molecule has 2 heterocycles. The van der Waals surface area contributed by atoms with E-state index in [0.29, 0.717) is 0 Å². The minimum absolute atomic E-state index is 1.11. The Bertz CT molecular complexity index is 1000. The normalized spacial score (nSPS) is 11.4. The molecule has 0 fully saturated rings. The summed E-state index contributed by atoms with van der Waals surface area (Å²) in [6, 6.07) is 17.3. The molecule has 2 aromatic heterocycles. The number of aromatic nitrogens is 2. The lowest BCUT2D eigenvalue weighted by molar-refractivity contribution is -0.594. The van der Waals surface area contributed by atoms with Gasteiger partial charge in [-0.25, -0.2) is 0 Å². The highest BCUT2D eigenvalue weighted by atomic mass is 79.9. The first-order valence-electron chi connectivity index (χ1n) is 7.96. The van der Waals surface area contributed by atoms with Gasteiger partial charge < -0.3 is 4.98 Å². The molecule has 0 radical (unpaired) electrons. The van der Waals surface area contributed by atoms with E-state index in [1.807, 2.05) is 0 Å². The molecule has 3 heteroatoms. The molecule has 0 saturated carbocycles. The summed E-state index contributed by atoms with van der Waals surface area (Å²) in [5, 5.41) is 2.50. The Labute approximate surface area is 143 Å². The van der Waals surface area contributed by atoms with Gasteiger partial charge in [0.1, 0.15) is 5.52 Å². The summed E-state index contributed by atoms with van der Waals surface area (Å²) in [4.78, 5) is 3.51. The van der Waals surface area contributed by atoms with Gasteiger partial charge in [0.25, 0.3) is 0 Å². The third-order valence-corrected chi connectivity index (χ3v) is 4.74. The predicted octanol–water partition coefficient (Wildman–Crippen LogP) is 5.31. The Balaban J connectivity index is 1.85. The SMILES string of the molecule is CCCc1cccc(-[n+]2ccc3c(c2)[nH]c2ccc(Br)cc23)c1. The second-order valence-corrected chi connectivity index (χ2v) is 6.83. The van der Waals surface area contributed by atoms with Gasteiger partial charge in [0, 0.05) is 39.0 Å². The van der Waals surface area contributed by atoms with E-state index in [-0.39, 0.29) is 0 Å². The topological polar surface area (TPSA) is 19.7 Å². The van der Waals surface area contributed by atoms with E-state index in [0.717, 1.165) is 16.4 Å². The molecule has 0 aliphatic carbocycles. The van der Waals surface area contributed by atoms with Crippen molar-refractivity contribution in [3.8, 4) is 5.69 Å². The average Bonchev–Trinajstić information content (AvgIpc) is 2.92. The van der Waals surface area contributed by atoms with Crippen LogP contribution in [0.25, 0.3) is 27.5 Å². The van der Waals surface area contributed by atoms with Crippen LogP contribution in [0, 0.1) is 0 Å². The van der Waals surface area contributed by atoms with E-state index in [4.69, 9.17) is 0 Å². The first kappa shape index (κ1) is 14.5. The van der Waals surface area contributed by atoms with Crippen molar-refractivity contribution in [1.29, 1.82) is 0 Å². The molecule has 1 N–H and O–H groups in total. The fourth-order valence-corrected chi connectivity index (χ4v) is 3.51.